The van der Waals surface area contributed by atoms with Gasteiger partial charge in [0.1, 0.15) is 5.56 Å². The minimum Gasteiger partial charge on any atom is -0.381 e. The summed E-state index contributed by atoms with van der Waals surface area (Å²) in [6, 6.07) is 5.72. The van der Waals surface area contributed by atoms with Gasteiger partial charge in [-0.15, -0.1) is 0 Å². The van der Waals surface area contributed by atoms with Gasteiger partial charge in [-0.1, -0.05) is 16.8 Å². The lowest BCUT2D eigenvalue weighted by molar-refractivity contribution is 0.192. The second kappa shape index (κ2) is 5.06. The lowest BCUT2D eigenvalue weighted by atomic mass is 10.1. The Hall–Kier alpha value is -2.47. The number of benzene rings is 1. The van der Waals surface area contributed by atoms with Gasteiger partial charge in [0.05, 0.1) is 6.61 Å². The molecular formula is C16H15N3O3. The number of rotatable bonds is 2. The number of hydrogen-bond acceptors (Lipinski definition) is 5. The zero-order chi connectivity index (χ0) is 15.1. The highest BCUT2D eigenvalue weighted by atomic mass is 16.5. The van der Waals surface area contributed by atoms with E-state index in [1.165, 1.54) is 0 Å². The Kier molecular flexibility index (Phi) is 3.04. The molecule has 1 aromatic carbocycles. The van der Waals surface area contributed by atoms with Crippen molar-refractivity contribution < 1.29 is 9.26 Å². The highest BCUT2D eigenvalue weighted by molar-refractivity contribution is 5.82. The molecule has 0 bridgehead atoms. The van der Waals surface area contributed by atoms with Crippen LogP contribution in [0.5, 0.6) is 0 Å². The fourth-order valence-corrected chi connectivity index (χ4v) is 2.74. The van der Waals surface area contributed by atoms with Crippen molar-refractivity contribution in [2.24, 2.45) is 0 Å². The fraction of sp³-hybridized carbons (Fsp3) is 0.312. The predicted molar refractivity (Wildman–Crippen MR) is 80.8 cm³/mol. The Morgan fingerprint density at radius 2 is 2.27 bits per heavy atom. The molecule has 3 aromatic rings. The molecule has 0 aliphatic carbocycles. The molecule has 0 spiro atoms. The summed E-state index contributed by atoms with van der Waals surface area (Å²) >= 11 is 0. The van der Waals surface area contributed by atoms with Crippen molar-refractivity contribution in [3.05, 3.63) is 46.0 Å². The predicted octanol–water partition coefficient (Wildman–Crippen LogP) is 2.39. The van der Waals surface area contributed by atoms with E-state index in [-0.39, 0.29) is 17.2 Å². The third-order valence-corrected chi connectivity index (χ3v) is 4.00. The zero-order valence-electron chi connectivity index (χ0n) is 12.1. The van der Waals surface area contributed by atoms with E-state index in [2.05, 4.69) is 15.1 Å². The Morgan fingerprint density at radius 3 is 3.09 bits per heavy atom. The van der Waals surface area contributed by atoms with Gasteiger partial charge in [0.15, 0.2) is 5.82 Å². The van der Waals surface area contributed by atoms with E-state index in [1.54, 1.807) is 6.20 Å². The molecule has 22 heavy (non-hydrogen) atoms. The first-order valence-electron chi connectivity index (χ1n) is 7.26. The smallest absolute Gasteiger partial charge is 0.263 e. The van der Waals surface area contributed by atoms with Crippen molar-refractivity contribution in [3.8, 4) is 11.5 Å². The Labute approximate surface area is 126 Å². The third-order valence-electron chi connectivity index (χ3n) is 4.00. The number of fused-ring (bicyclic) bond motifs is 1. The second-order valence-corrected chi connectivity index (χ2v) is 5.60. The number of nitrogens with zero attached hydrogens (tertiary/aromatic N) is 2. The van der Waals surface area contributed by atoms with Crippen LogP contribution in [0.25, 0.3) is 22.4 Å². The first-order chi connectivity index (χ1) is 10.7. The maximum atomic E-state index is 12.6. The number of ether oxygens (including phenoxy) is 1. The highest BCUT2D eigenvalue weighted by Crippen LogP contribution is 2.25. The van der Waals surface area contributed by atoms with Crippen LogP contribution in [0, 0.1) is 6.92 Å². The van der Waals surface area contributed by atoms with Crippen LogP contribution < -0.4 is 5.43 Å². The van der Waals surface area contributed by atoms with Crippen molar-refractivity contribution in [1.82, 2.24) is 15.1 Å². The van der Waals surface area contributed by atoms with E-state index in [4.69, 9.17) is 9.26 Å². The van der Waals surface area contributed by atoms with Crippen molar-refractivity contribution in [2.75, 3.05) is 13.2 Å². The molecule has 1 atom stereocenters. The highest BCUT2D eigenvalue weighted by Gasteiger charge is 2.24. The lowest BCUT2D eigenvalue weighted by Gasteiger charge is -2.01. The molecule has 0 radical (unpaired) electrons. The van der Waals surface area contributed by atoms with Crippen LogP contribution in [-0.2, 0) is 4.74 Å². The molecule has 1 aliphatic heterocycles. The van der Waals surface area contributed by atoms with Gasteiger partial charge >= 0.3 is 0 Å². The summed E-state index contributed by atoms with van der Waals surface area (Å²) in [6.45, 7) is 3.27. The summed E-state index contributed by atoms with van der Waals surface area (Å²) in [6.07, 6.45) is 2.51. The number of aromatic amines is 1. The zero-order valence-corrected chi connectivity index (χ0v) is 12.1. The van der Waals surface area contributed by atoms with E-state index in [0.29, 0.717) is 30.0 Å². The summed E-state index contributed by atoms with van der Waals surface area (Å²) in [4.78, 5) is 20.1. The van der Waals surface area contributed by atoms with Crippen LogP contribution >= 0.6 is 0 Å². The van der Waals surface area contributed by atoms with Crippen LogP contribution in [0.4, 0.5) is 0 Å². The van der Waals surface area contributed by atoms with E-state index < -0.39 is 0 Å². The first kappa shape index (κ1) is 13.2. The van der Waals surface area contributed by atoms with Gasteiger partial charge in [-0.3, -0.25) is 4.79 Å². The Balaban J connectivity index is 1.80. The third kappa shape index (κ3) is 2.12. The van der Waals surface area contributed by atoms with E-state index in [0.717, 1.165) is 17.5 Å². The number of hydrogen-bond donors (Lipinski definition) is 1. The SMILES string of the molecule is Cc1ccc2[nH]cc(-c3nc([C@H]4CCOC4)no3)c(=O)c2c1. The molecule has 4 rings (SSSR count). The van der Waals surface area contributed by atoms with Gasteiger partial charge in [0.2, 0.25) is 5.43 Å². The average Bonchev–Trinajstić information content (AvgIpc) is 3.19. The molecule has 6 heteroatoms. The fourth-order valence-electron chi connectivity index (χ4n) is 2.74. The van der Waals surface area contributed by atoms with Gasteiger partial charge in [-0.05, 0) is 25.5 Å². The molecule has 0 unspecified atom stereocenters. The Bertz CT molecular complexity index is 891. The van der Waals surface area contributed by atoms with Crippen molar-refractivity contribution >= 4 is 10.9 Å². The normalized spacial score (nSPS) is 18.1. The molecule has 112 valence electrons. The Morgan fingerprint density at radius 1 is 1.36 bits per heavy atom. The quantitative estimate of drug-likeness (QED) is 0.785. The monoisotopic (exact) mass is 297 g/mol. The molecule has 3 heterocycles. The van der Waals surface area contributed by atoms with Gasteiger partial charge in [-0.2, -0.15) is 4.98 Å². The molecule has 2 aromatic heterocycles. The van der Waals surface area contributed by atoms with Gasteiger partial charge in [0, 0.05) is 29.6 Å². The van der Waals surface area contributed by atoms with Crippen LogP contribution in [-0.4, -0.2) is 28.3 Å². The minimum absolute atomic E-state index is 0.102. The van der Waals surface area contributed by atoms with Crippen LogP contribution in [0.15, 0.2) is 33.7 Å². The van der Waals surface area contributed by atoms with E-state index in [1.807, 2.05) is 25.1 Å². The molecule has 1 N–H and O–H groups in total. The molecule has 1 fully saturated rings. The molecule has 1 aliphatic rings. The minimum atomic E-state index is -0.102. The van der Waals surface area contributed by atoms with Crippen LogP contribution in [0.1, 0.15) is 23.7 Å². The van der Waals surface area contributed by atoms with E-state index in [9.17, 15) is 4.79 Å². The lowest BCUT2D eigenvalue weighted by Crippen LogP contribution is -2.07. The van der Waals surface area contributed by atoms with Crippen molar-refractivity contribution in [2.45, 2.75) is 19.3 Å². The summed E-state index contributed by atoms with van der Waals surface area (Å²) in [5.41, 5.74) is 2.12. The summed E-state index contributed by atoms with van der Waals surface area (Å²) in [7, 11) is 0. The second-order valence-electron chi connectivity index (χ2n) is 5.60. The average molecular weight is 297 g/mol. The number of nitrogens with one attached hydrogen (secondary N) is 1. The molecule has 0 amide bonds. The number of aryl methyl sites for hydroxylation is 1. The van der Waals surface area contributed by atoms with Gasteiger partial charge < -0.3 is 14.2 Å². The summed E-state index contributed by atoms with van der Waals surface area (Å²) in [5.74, 6) is 1.02. The molecular weight excluding hydrogens is 282 g/mol. The van der Waals surface area contributed by atoms with Crippen molar-refractivity contribution in [1.29, 1.82) is 0 Å². The number of pyridine rings is 1. The van der Waals surface area contributed by atoms with Gasteiger partial charge in [0.25, 0.3) is 5.89 Å². The topological polar surface area (TPSA) is 81.0 Å². The standard InChI is InChI=1S/C16H15N3O3/c1-9-2-3-13-11(6-9)14(20)12(7-17-13)16-18-15(19-22-16)10-4-5-21-8-10/h2-3,6-7,10H,4-5,8H2,1H3,(H,17,20)/t10-/m0/s1. The molecule has 1 saturated heterocycles. The summed E-state index contributed by atoms with van der Waals surface area (Å²) in [5, 5.41) is 4.62. The maximum absolute atomic E-state index is 12.6. The largest absolute Gasteiger partial charge is 0.381 e. The summed E-state index contributed by atoms with van der Waals surface area (Å²) < 4.78 is 10.6. The van der Waals surface area contributed by atoms with E-state index >= 15 is 0 Å². The van der Waals surface area contributed by atoms with Crippen LogP contribution in [0.2, 0.25) is 0 Å². The maximum Gasteiger partial charge on any atom is 0.263 e. The molecule has 6 nitrogen and oxygen atoms in total. The molecule has 0 saturated carbocycles. The number of H-pyrrole nitrogens is 1. The van der Waals surface area contributed by atoms with Gasteiger partial charge in [-0.25, -0.2) is 0 Å². The van der Waals surface area contributed by atoms with Crippen LogP contribution in [0.3, 0.4) is 0 Å². The first-order valence-corrected chi connectivity index (χ1v) is 7.26. The number of aromatic nitrogens is 3. The van der Waals surface area contributed by atoms with Crippen molar-refractivity contribution in [3.63, 3.8) is 0 Å².